The minimum Gasteiger partial charge on any atom is -0.496 e. The van der Waals surface area contributed by atoms with Gasteiger partial charge < -0.3 is 4.74 Å². The summed E-state index contributed by atoms with van der Waals surface area (Å²) in [6, 6.07) is 3.51. The molecular weight excluding hydrogens is 491 g/mol. The van der Waals surface area contributed by atoms with Gasteiger partial charge in [0.1, 0.15) is 11.4 Å². The van der Waals surface area contributed by atoms with Crippen molar-refractivity contribution < 1.29 is 57.8 Å². The van der Waals surface area contributed by atoms with Crippen molar-refractivity contribution in [2.45, 2.75) is 36.9 Å². The average molecular weight is 503 g/mol. The normalized spacial score (nSPS) is 18.2. The molecule has 0 bridgehead atoms. The highest BCUT2D eigenvalue weighted by molar-refractivity contribution is 8.13. The molecule has 3 nitrogen and oxygen atoms in total. The van der Waals surface area contributed by atoms with Crippen molar-refractivity contribution in [2.24, 2.45) is 0 Å². The molecule has 1 amide bonds. The summed E-state index contributed by atoms with van der Waals surface area (Å²) in [6.45, 7) is 0. The highest BCUT2D eigenvalue weighted by Gasteiger charge is 2.69. The third-order valence-corrected chi connectivity index (χ3v) is 5.30. The Kier molecular flexibility index (Phi) is 7.03. The molecule has 0 aliphatic carbocycles. The van der Waals surface area contributed by atoms with E-state index in [0.29, 0.717) is 0 Å². The first-order valence-electron chi connectivity index (χ1n) is 8.34. The fraction of sp³-hybridized carbons (Fsp3) is 0.471. The van der Waals surface area contributed by atoms with E-state index in [0.717, 1.165) is 7.11 Å². The number of rotatable bonds is 5. The molecule has 180 valence electrons. The molecule has 1 aliphatic rings. The smallest absolute Gasteiger partial charge is 0.459 e. The van der Waals surface area contributed by atoms with Crippen LogP contribution in [0.3, 0.4) is 0 Å². The van der Waals surface area contributed by atoms with E-state index in [4.69, 9.17) is 4.74 Å². The van der Waals surface area contributed by atoms with Crippen LogP contribution in [0.2, 0.25) is 0 Å². The number of hydrogen-bond acceptors (Lipinski definition) is 3. The first-order valence-corrected chi connectivity index (χ1v) is 9.33. The Morgan fingerprint density at radius 3 is 2.00 bits per heavy atom. The summed E-state index contributed by atoms with van der Waals surface area (Å²) >= 11 is 0.0166. The van der Waals surface area contributed by atoms with Crippen LogP contribution in [0.5, 0.6) is 5.75 Å². The number of carbonyl (C=O) groups is 1. The molecule has 1 aliphatic heterocycles. The average Bonchev–Trinajstić information content (AvgIpc) is 2.96. The van der Waals surface area contributed by atoms with Crippen molar-refractivity contribution in [3.05, 3.63) is 41.1 Å². The van der Waals surface area contributed by atoms with E-state index in [9.17, 15) is 53.1 Å². The van der Waals surface area contributed by atoms with Crippen molar-refractivity contribution in [1.29, 1.82) is 0 Å². The molecule has 15 heteroatoms. The number of methoxy groups -OCH3 is 1. The minimum atomic E-state index is -6.85. The fourth-order valence-electron chi connectivity index (χ4n) is 3.00. The van der Waals surface area contributed by atoms with Gasteiger partial charge in [0, 0.05) is 5.75 Å². The van der Waals surface area contributed by atoms with Gasteiger partial charge in [0.15, 0.2) is 5.57 Å². The predicted molar refractivity (Wildman–Crippen MR) is 90.3 cm³/mol. The molecule has 1 aromatic rings. The summed E-state index contributed by atoms with van der Waals surface area (Å²) < 4.78 is 151. The largest absolute Gasteiger partial charge is 0.496 e. The molecule has 0 radical (unpaired) electrons. The number of nitrogens with zero attached hydrogens (tertiary/aromatic N) is 1. The van der Waals surface area contributed by atoms with Gasteiger partial charge in [-0.3, -0.25) is 9.69 Å². The SMILES string of the molecule is COc1ccccc1CC1CSC(=O)N1C(=C(C(F)(F)F)C(F)(F)F)C(F)(F)C(F)(F)F. The Bertz CT molecular complexity index is 874. The first-order chi connectivity index (χ1) is 14.4. The zero-order valence-corrected chi connectivity index (χ0v) is 16.4. The standard InChI is InChI=1S/C17H12F11NO2S/c1-31-10-5-3-2-4-8(10)6-9-7-32-13(30)29(9)12(14(18,19)17(26,27)28)11(15(20,21)22)16(23,24)25/h2-5,9H,6-7H2,1H3. The number of benzene rings is 1. The third-order valence-electron chi connectivity index (χ3n) is 4.31. The van der Waals surface area contributed by atoms with E-state index in [2.05, 4.69) is 0 Å². The van der Waals surface area contributed by atoms with E-state index in [1.165, 1.54) is 24.3 Å². The lowest BCUT2D eigenvalue weighted by molar-refractivity contribution is -0.274. The number of thioether (sulfide) groups is 1. The summed E-state index contributed by atoms with van der Waals surface area (Å²) in [4.78, 5) is 11.3. The van der Waals surface area contributed by atoms with Crippen molar-refractivity contribution in [2.75, 3.05) is 12.9 Å². The van der Waals surface area contributed by atoms with Crippen LogP contribution in [0, 0.1) is 0 Å². The minimum absolute atomic E-state index is 0.0166. The van der Waals surface area contributed by atoms with Gasteiger partial charge >= 0.3 is 24.5 Å². The van der Waals surface area contributed by atoms with Crippen LogP contribution >= 0.6 is 11.8 Å². The molecule has 0 aromatic heterocycles. The van der Waals surface area contributed by atoms with Crippen LogP contribution in [0.15, 0.2) is 35.5 Å². The van der Waals surface area contributed by atoms with Gasteiger partial charge in [-0.05, 0) is 18.1 Å². The first kappa shape index (κ1) is 26.1. The quantitative estimate of drug-likeness (QED) is 0.439. The number of carbonyl (C=O) groups excluding carboxylic acids is 1. The number of amides is 1. The highest BCUT2D eigenvalue weighted by Crippen LogP contribution is 2.52. The Hall–Kier alpha value is -2.19. The summed E-state index contributed by atoms with van der Waals surface area (Å²) in [5.41, 5.74) is -7.54. The predicted octanol–water partition coefficient (Wildman–Crippen LogP) is 6.35. The van der Waals surface area contributed by atoms with Crippen LogP contribution in [-0.2, 0) is 6.42 Å². The Morgan fingerprint density at radius 1 is 1.00 bits per heavy atom. The molecule has 2 rings (SSSR count). The monoisotopic (exact) mass is 503 g/mol. The lowest BCUT2D eigenvalue weighted by Crippen LogP contribution is -2.51. The van der Waals surface area contributed by atoms with Gasteiger partial charge in [-0.1, -0.05) is 30.0 Å². The molecule has 32 heavy (non-hydrogen) atoms. The molecule has 1 fully saturated rings. The lowest BCUT2D eigenvalue weighted by Gasteiger charge is -2.35. The van der Waals surface area contributed by atoms with E-state index >= 15 is 0 Å². The van der Waals surface area contributed by atoms with E-state index < -0.39 is 64.1 Å². The number of halogens is 11. The van der Waals surface area contributed by atoms with Crippen LogP contribution in [0.4, 0.5) is 53.1 Å². The number of hydrogen-bond donors (Lipinski definition) is 0. The number of ether oxygens (including phenoxy) is 1. The van der Waals surface area contributed by atoms with Gasteiger partial charge in [0.05, 0.1) is 13.2 Å². The summed E-state index contributed by atoms with van der Waals surface area (Å²) in [6.07, 6.45) is -20.9. The van der Waals surface area contributed by atoms with Crippen molar-refractivity contribution in [1.82, 2.24) is 4.90 Å². The molecule has 1 unspecified atom stereocenters. The van der Waals surface area contributed by atoms with Crippen LogP contribution in [0.1, 0.15) is 5.56 Å². The van der Waals surface area contributed by atoms with Crippen LogP contribution in [0.25, 0.3) is 0 Å². The second-order valence-corrected chi connectivity index (χ2v) is 7.38. The molecule has 1 atom stereocenters. The second kappa shape index (κ2) is 8.63. The summed E-state index contributed by atoms with van der Waals surface area (Å²) in [5.74, 6) is -7.25. The topological polar surface area (TPSA) is 29.5 Å². The maximum absolute atomic E-state index is 14.2. The Labute approximate surface area is 177 Å². The van der Waals surface area contributed by atoms with E-state index in [1.54, 1.807) is 0 Å². The van der Waals surface area contributed by atoms with Gasteiger partial charge in [-0.2, -0.15) is 48.3 Å². The van der Waals surface area contributed by atoms with Crippen LogP contribution in [-0.4, -0.2) is 53.5 Å². The van der Waals surface area contributed by atoms with Gasteiger partial charge in [0.25, 0.3) is 5.24 Å². The molecule has 1 heterocycles. The number of para-hydroxylation sites is 1. The van der Waals surface area contributed by atoms with Crippen molar-refractivity contribution in [3.63, 3.8) is 0 Å². The second-order valence-electron chi connectivity index (χ2n) is 6.41. The Morgan fingerprint density at radius 2 is 1.53 bits per heavy atom. The van der Waals surface area contributed by atoms with E-state index in [1.807, 2.05) is 0 Å². The summed E-state index contributed by atoms with van der Waals surface area (Å²) in [7, 11) is 1.15. The van der Waals surface area contributed by atoms with Gasteiger partial charge in [0.2, 0.25) is 0 Å². The Balaban J connectivity index is 2.79. The molecular formula is C17H12F11NO2S. The van der Waals surface area contributed by atoms with Crippen LogP contribution < -0.4 is 4.74 Å². The molecule has 0 spiro atoms. The van der Waals surface area contributed by atoms with Crippen molar-refractivity contribution in [3.8, 4) is 5.75 Å². The maximum atomic E-state index is 14.2. The summed E-state index contributed by atoms with van der Waals surface area (Å²) in [5, 5.41) is -1.81. The molecule has 0 N–H and O–H groups in total. The maximum Gasteiger partial charge on any atom is 0.459 e. The fourth-order valence-corrected chi connectivity index (χ4v) is 3.98. The lowest BCUT2D eigenvalue weighted by atomic mass is 10.0. The third kappa shape index (κ3) is 5.07. The highest BCUT2D eigenvalue weighted by atomic mass is 32.2. The van der Waals surface area contributed by atoms with Gasteiger partial charge in [-0.25, -0.2) is 0 Å². The molecule has 1 saturated heterocycles. The zero-order valence-electron chi connectivity index (χ0n) is 15.6. The van der Waals surface area contributed by atoms with Gasteiger partial charge in [-0.15, -0.1) is 0 Å². The van der Waals surface area contributed by atoms with Crippen molar-refractivity contribution >= 4 is 17.0 Å². The molecule has 1 aromatic carbocycles. The number of alkyl halides is 11. The molecule has 0 saturated carbocycles. The van der Waals surface area contributed by atoms with E-state index in [-0.39, 0.29) is 23.1 Å². The number of allylic oxidation sites excluding steroid dienone is 2. The zero-order chi connectivity index (χ0) is 24.7.